The lowest BCUT2D eigenvalue weighted by molar-refractivity contribution is -0.130. The van der Waals surface area contributed by atoms with Gasteiger partial charge in [0.25, 0.3) is 0 Å². The van der Waals surface area contributed by atoms with Crippen molar-refractivity contribution >= 4 is 17.7 Å². The standard InChI is InChI=1S/C14H26N2OS/c1-4-18-12-7-5-6-11(12)16-13(8-10(2)3)15-9-14(16)17/h10-13,15H,4-9H2,1-3H3. The Morgan fingerprint density at radius 2 is 2.22 bits per heavy atom. The fourth-order valence-corrected chi connectivity index (χ4v) is 4.51. The van der Waals surface area contributed by atoms with Crippen LogP contribution in [0.2, 0.25) is 0 Å². The van der Waals surface area contributed by atoms with Crippen molar-refractivity contribution in [3.63, 3.8) is 0 Å². The van der Waals surface area contributed by atoms with Crippen molar-refractivity contribution in [3.05, 3.63) is 0 Å². The second kappa shape index (κ2) is 6.29. The van der Waals surface area contributed by atoms with Gasteiger partial charge in [-0.2, -0.15) is 11.8 Å². The molecule has 0 spiro atoms. The molecule has 0 aromatic carbocycles. The summed E-state index contributed by atoms with van der Waals surface area (Å²) >= 11 is 2.04. The second-order valence-electron chi connectivity index (χ2n) is 5.82. The summed E-state index contributed by atoms with van der Waals surface area (Å²) in [7, 11) is 0. The molecule has 1 saturated heterocycles. The molecule has 1 amide bonds. The molecule has 1 saturated carbocycles. The van der Waals surface area contributed by atoms with Crippen LogP contribution in [-0.2, 0) is 4.79 Å². The van der Waals surface area contributed by atoms with Gasteiger partial charge in [-0.15, -0.1) is 0 Å². The van der Waals surface area contributed by atoms with Gasteiger partial charge in [-0.1, -0.05) is 27.2 Å². The maximum atomic E-state index is 12.2. The molecule has 1 N–H and O–H groups in total. The van der Waals surface area contributed by atoms with E-state index in [9.17, 15) is 4.79 Å². The van der Waals surface area contributed by atoms with Crippen LogP contribution in [0.25, 0.3) is 0 Å². The number of nitrogens with one attached hydrogen (secondary N) is 1. The minimum absolute atomic E-state index is 0.278. The van der Waals surface area contributed by atoms with E-state index in [1.54, 1.807) is 0 Å². The van der Waals surface area contributed by atoms with Crippen LogP contribution in [0.5, 0.6) is 0 Å². The Kier molecular flexibility index (Phi) is 4.96. The molecule has 3 unspecified atom stereocenters. The Morgan fingerprint density at radius 3 is 2.89 bits per heavy atom. The van der Waals surface area contributed by atoms with Gasteiger partial charge in [0.05, 0.1) is 12.7 Å². The van der Waals surface area contributed by atoms with Gasteiger partial charge in [-0.25, -0.2) is 0 Å². The zero-order valence-corrected chi connectivity index (χ0v) is 12.6. The molecule has 104 valence electrons. The maximum Gasteiger partial charge on any atom is 0.238 e. The topological polar surface area (TPSA) is 32.3 Å². The van der Waals surface area contributed by atoms with Gasteiger partial charge in [-0.05, 0) is 30.9 Å². The highest BCUT2D eigenvalue weighted by Crippen LogP contribution is 2.35. The first kappa shape index (κ1) is 14.2. The van der Waals surface area contributed by atoms with E-state index in [0.29, 0.717) is 29.7 Å². The first-order valence-corrected chi connectivity index (χ1v) is 8.34. The number of nitrogens with zero attached hydrogens (tertiary/aromatic N) is 1. The molecule has 0 aromatic heterocycles. The number of amides is 1. The zero-order chi connectivity index (χ0) is 13.1. The Labute approximate surface area is 115 Å². The molecule has 1 aliphatic heterocycles. The molecular formula is C14H26N2OS. The van der Waals surface area contributed by atoms with Crippen LogP contribution in [0, 0.1) is 5.92 Å². The molecule has 2 fully saturated rings. The monoisotopic (exact) mass is 270 g/mol. The van der Waals surface area contributed by atoms with Crippen molar-refractivity contribution in [2.45, 2.75) is 63.9 Å². The van der Waals surface area contributed by atoms with Gasteiger partial charge in [0, 0.05) is 11.3 Å². The number of carbonyl (C=O) groups excluding carboxylic acids is 1. The summed E-state index contributed by atoms with van der Waals surface area (Å²) in [6.45, 7) is 7.22. The predicted molar refractivity (Wildman–Crippen MR) is 77.7 cm³/mol. The normalized spacial score (nSPS) is 32.8. The van der Waals surface area contributed by atoms with E-state index in [2.05, 4.69) is 31.0 Å². The Bertz CT molecular complexity index is 296. The van der Waals surface area contributed by atoms with Crippen LogP contribution in [0.4, 0.5) is 0 Å². The molecular weight excluding hydrogens is 244 g/mol. The lowest BCUT2D eigenvalue weighted by Crippen LogP contribution is -2.47. The number of thioether (sulfide) groups is 1. The van der Waals surface area contributed by atoms with E-state index < -0.39 is 0 Å². The lowest BCUT2D eigenvalue weighted by Gasteiger charge is -2.34. The lowest BCUT2D eigenvalue weighted by atomic mass is 10.1. The summed E-state index contributed by atoms with van der Waals surface area (Å²) in [5.41, 5.74) is 0. The number of hydrogen-bond acceptors (Lipinski definition) is 3. The molecule has 18 heavy (non-hydrogen) atoms. The fourth-order valence-electron chi connectivity index (χ4n) is 3.26. The molecule has 3 nitrogen and oxygen atoms in total. The van der Waals surface area contributed by atoms with E-state index in [-0.39, 0.29) is 6.17 Å². The third-order valence-corrected chi connectivity index (χ3v) is 5.27. The molecule has 0 aromatic rings. The SMILES string of the molecule is CCSC1CCCC1N1C(=O)CNC1CC(C)C. The smallest absolute Gasteiger partial charge is 0.238 e. The highest BCUT2D eigenvalue weighted by molar-refractivity contribution is 7.99. The minimum atomic E-state index is 0.278. The van der Waals surface area contributed by atoms with E-state index >= 15 is 0 Å². The first-order valence-electron chi connectivity index (χ1n) is 7.29. The summed E-state index contributed by atoms with van der Waals surface area (Å²) < 4.78 is 0. The van der Waals surface area contributed by atoms with Gasteiger partial charge in [0.2, 0.25) is 5.91 Å². The van der Waals surface area contributed by atoms with E-state index in [0.717, 1.165) is 12.2 Å². The molecule has 1 heterocycles. The van der Waals surface area contributed by atoms with Crippen LogP contribution in [-0.4, -0.2) is 40.6 Å². The molecule has 0 bridgehead atoms. The first-order chi connectivity index (χ1) is 8.63. The maximum absolute atomic E-state index is 12.2. The van der Waals surface area contributed by atoms with Crippen LogP contribution >= 0.6 is 11.8 Å². The van der Waals surface area contributed by atoms with E-state index in [4.69, 9.17) is 0 Å². The number of hydrogen-bond donors (Lipinski definition) is 1. The molecule has 1 aliphatic carbocycles. The van der Waals surface area contributed by atoms with Crippen LogP contribution in [0.15, 0.2) is 0 Å². The Hall–Kier alpha value is -0.220. The quantitative estimate of drug-likeness (QED) is 0.833. The van der Waals surface area contributed by atoms with E-state index in [1.165, 1.54) is 19.3 Å². The summed E-state index contributed by atoms with van der Waals surface area (Å²) in [5.74, 6) is 2.11. The summed E-state index contributed by atoms with van der Waals surface area (Å²) in [6, 6.07) is 0.473. The fraction of sp³-hybridized carbons (Fsp3) is 0.929. The average Bonchev–Trinajstić information content (AvgIpc) is 2.86. The molecule has 0 radical (unpaired) electrons. The van der Waals surface area contributed by atoms with Gasteiger partial charge in [-0.3, -0.25) is 10.1 Å². The summed E-state index contributed by atoms with van der Waals surface area (Å²) in [6.07, 6.45) is 5.10. The third kappa shape index (κ3) is 3.02. The zero-order valence-electron chi connectivity index (χ0n) is 11.8. The van der Waals surface area contributed by atoms with Gasteiger partial charge >= 0.3 is 0 Å². The Morgan fingerprint density at radius 1 is 1.44 bits per heavy atom. The van der Waals surface area contributed by atoms with Crippen molar-refractivity contribution in [1.29, 1.82) is 0 Å². The molecule has 4 heteroatoms. The molecule has 2 aliphatic rings. The molecule has 2 rings (SSSR count). The van der Waals surface area contributed by atoms with Crippen LogP contribution in [0.3, 0.4) is 0 Å². The van der Waals surface area contributed by atoms with Crippen molar-refractivity contribution in [3.8, 4) is 0 Å². The third-order valence-electron chi connectivity index (χ3n) is 3.96. The van der Waals surface area contributed by atoms with Gasteiger partial charge in [0.15, 0.2) is 0 Å². The highest BCUT2D eigenvalue weighted by Gasteiger charge is 2.41. The number of carbonyl (C=O) groups is 1. The van der Waals surface area contributed by atoms with Crippen LogP contribution < -0.4 is 5.32 Å². The van der Waals surface area contributed by atoms with Crippen molar-refractivity contribution in [2.24, 2.45) is 5.92 Å². The second-order valence-corrected chi connectivity index (χ2v) is 7.34. The van der Waals surface area contributed by atoms with Crippen LogP contribution in [0.1, 0.15) is 46.5 Å². The van der Waals surface area contributed by atoms with Crippen molar-refractivity contribution in [1.82, 2.24) is 10.2 Å². The van der Waals surface area contributed by atoms with Gasteiger partial charge in [0.1, 0.15) is 0 Å². The highest BCUT2D eigenvalue weighted by atomic mass is 32.2. The molecule has 3 atom stereocenters. The predicted octanol–water partition coefficient (Wildman–Crippen LogP) is 2.46. The Balaban J connectivity index is 2.05. The van der Waals surface area contributed by atoms with Gasteiger partial charge < -0.3 is 4.90 Å². The largest absolute Gasteiger partial charge is 0.322 e. The summed E-state index contributed by atoms with van der Waals surface area (Å²) in [4.78, 5) is 14.3. The van der Waals surface area contributed by atoms with E-state index in [1.807, 2.05) is 11.8 Å². The summed E-state index contributed by atoms with van der Waals surface area (Å²) in [5, 5.41) is 4.06. The van der Waals surface area contributed by atoms with Crippen molar-refractivity contribution in [2.75, 3.05) is 12.3 Å². The minimum Gasteiger partial charge on any atom is -0.322 e. The van der Waals surface area contributed by atoms with Crippen molar-refractivity contribution < 1.29 is 4.79 Å². The average molecular weight is 270 g/mol. The number of rotatable bonds is 5.